The third kappa shape index (κ3) is 5.35. The fourth-order valence-electron chi connectivity index (χ4n) is 2.78. The van der Waals surface area contributed by atoms with Crippen molar-refractivity contribution in [1.29, 1.82) is 0 Å². The molecule has 8 heteroatoms. The number of hydrazine groups is 1. The molecule has 0 spiro atoms. The highest BCUT2D eigenvalue weighted by Crippen LogP contribution is 2.26. The number of rotatable bonds is 6. The lowest BCUT2D eigenvalue weighted by atomic mass is 9.86. The third-order valence-electron chi connectivity index (χ3n) is 4.65. The predicted molar refractivity (Wildman–Crippen MR) is 102 cm³/mol. The number of sulfonamides is 1. The van der Waals surface area contributed by atoms with Crippen LogP contribution in [0.1, 0.15) is 46.5 Å². The van der Waals surface area contributed by atoms with Crippen molar-refractivity contribution in [1.82, 2.24) is 10.1 Å². The summed E-state index contributed by atoms with van der Waals surface area (Å²) in [6.45, 7) is 5.04. The van der Waals surface area contributed by atoms with Crippen molar-refractivity contribution in [2.24, 2.45) is 5.92 Å². The molecule has 1 aromatic carbocycles. The summed E-state index contributed by atoms with van der Waals surface area (Å²) in [6, 6.07) is 7.15. The van der Waals surface area contributed by atoms with Crippen molar-refractivity contribution in [2.75, 3.05) is 12.5 Å². The SMILES string of the molecule is COc1ccc(NNC(=O)[C@H]2CC[C@H](NS(=O)(=O)C(C)(C)C)CC2)cc1. The molecule has 0 bridgehead atoms. The lowest BCUT2D eigenvalue weighted by Gasteiger charge is -2.30. The average molecular weight is 384 g/mol. The van der Waals surface area contributed by atoms with Crippen LogP contribution in [0.3, 0.4) is 0 Å². The fraction of sp³-hybridized carbons (Fsp3) is 0.611. The second kappa shape index (κ2) is 8.26. The van der Waals surface area contributed by atoms with Gasteiger partial charge in [0.15, 0.2) is 0 Å². The molecule has 1 aliphatic rings. The van der Waals surface area contributed by atoms with E-state index in [4.69, 9.17) is 4.74 Å². The molecule has 1 saturated carbocycles. The Morgan fingerprint density at radius 2 is 1.65 bits per heavy atom. The van der Waals surface area contributed by atoms with Crippen LogP contribution in [0.15, 0.2) is 24.3 Å². The molecule has 26 heavy (non-hydrogen) atoms. The van der Waals surface area contributed by atoms with Crippen LogP contribution in [-0.4, -0.2) is 32.2 Å². The van der Waals surface area contributed by atoms with Gasteiger partial charge in [-0.05, 0) is 70.7 Å². The largest absolute Gasteiger partial charge is 0.497 e. The quantitative estimate of drug-likeness (QED) is 0.656. The fourth-order valence-corrected chi connectivity index (χ4v) is 3.81. The maximum Gasteiger partial charge on any atom is 0.241 e. The van der Waals surface area contributed by atoms with Crippen molar-refractivity contribution in [3.63, 3.8) is 0 Å². The number of amides is 1. The molecule has 2 rings (SSSR count). The molecular formula is C18H29N3O4S. The molecule has 146 valence electrons. The summed E-state index contributed by atoms with van der Waals surface area (Å²) in [5.41, 5.74) is 6.39. The summed E-state index contributed by atoms with van der Waals surface area (Å²) in [5, 5.41) is 0. The Kier molecular flexibility index (Phi) is 6.52. The molecule has 1 aliphatic carbocycles. The lowest BCUT2D eigenvalue weighted by molar-refractivity contribution is -0.125. The summed E-state index contributed by atoms with van der Waals surface area (Å²) in [6.07, 6.45) is 2.65. The predicted octanol–water partition coefficient (Wildman–Crippen LogP) is 2.42. The molecule has 3 N–H and O–H groups in total. The molecule has 0 aromatic heterocycles. The number of benzene rings is 1. The van der Waals surface area contributed by atoms with Crippen molar-refractivity contribution in [2.45, 2.75) is 57.2 Å². The summed E-state index contributed by atoms with van der Waals surface area (Å²) in [4.78, 5) is 12.3. The van der Waals surface area contributed by atoms with Gasteiger partial charge in [0.25, 0.3) is 0 Å². The van der Waals surface area contributed by atoms with Gasteiger partial charge < -0.3 is 4.74 Å². The van der Waals surface area contributed by atoms with Crippen LogP contribution in [0.5, 0.6) is 5.75 Å². The molecule has 0 unspecified atom stereocenters. The zero-order valence-corrected chi connectivity index (χ0v) is 16.7. The van der Waals surface area contributed by atoms with E-state index in [0.717, 1.165) is 11.4 Å². The molecule has 0 radical (unpaired) electrons. The normalized spacial score (nSPS) is 21.1. The van der Waals surface area contributed by atoms with Crippen LogP contribution >= 0.6 is 0 Å². The average Bonchev–Trinajstić information content (AvgIpc) is 2.59. The van der Waals surface area contributed by atoms with Crippen molar-refractivity contribution >= 4 is 21.6 Å². The molecule has 1 amide bonds. The molecule has 1 fully saturated rings. The third-order valence-corrected chi connectivity index (χ3v) is 6.90. The van der Waals surface area contributed by atoms with E-state index in [0.29, 0.717) is 25.7 Å². The molecular weight excluding hydrogens is 354 g/mol. The second-order valence-corrected chi connectivity index (χ2v) is 10.1. The van der Waals surface area contributed by atoms with Gasteiger partial charge >= 0.3 is 0 Å². The number of hydrogen-bond acceptors (Lipinski definition) is 5. The number of anilines is 1. The highest BCUT2D eigenvalue weighted by Gasteiger charge is 2.34. The standard InChI is InChI=1S/C18H29N3O4S/c1-18(2,3)26(23,24)21-15-7-5-13(6-8-15)17(22)20-19-14-9-11-16(25-4)12-10-14/h9-13,15,19,21H,5-8H2,1-4H3,(H,20,22)/t13-,15-. The van der Waals surface area contributed by atoms with Crippen molar-refractivity contribution in [3.05, 3.63) is 24.3 Å². The molecule has 1 aromatic rings. The number of carbonyl (C=O) groups is 1. The minimum Gasteiger partial charge on any atom is -0.497 e. The Hall–Kier alpha value is -1.80. The first-order chi connectivity index (χ1) is 12.1. The Bertz CT molecular complexity index is 703. The van der Waals surface area contributed by atoms with Gasteiger partial charge in [0.2, 0.25) is 15.9 Å². The van der Waals surface area contributed by atoms with Crippen LogP contribution in [0, 0.1) is 5.92 Å². The summed E-state index contributed by atoms with van der Waals surface area (Å²) in [5.74, 6) is 0.562. The molecule has 0 atom stereocenters. The minimum absolute atomic E-state index is 0.0713. The van der Waals surface area contributed by atoms with E-state index in [1.807, 2.05) is 12.1 Å². The van der Waals surface area contributed by atoms with Crippen LogP contribution in [0.4, 0.5) is 5.69 Å². The topological polar surface area (TPSA) is 96.5 Å². The van der Waals surface area contributed by atoms with Gasteiger partial charge in [-0.2, -0.15) is 0 Å². The first-order valence-corrected chi connectivity index (χ1v) is 10.3. The van der Waals surface area contributed by atoms with Crippen LogP contribution in [-0.2, 0) is 14.8 Å². The molecule has 0 aliphatic heterocycles. The van der Waals surface area contributed by atoms with Gasteiger partial charge in [-0.1, -0.05) is 0 Å². The number of nitrogens with one attached hydrogen (secondary N) is 3. The van der Waals surface area contributed by atoms with E-state index in [1.54, 1.807) is 40.0 Å². The first-order valence-electron chi connectivity index (χ1n) is 8.84. The number of carbonyl (C=O) groups excluding carboxylic acids is 1. The maximum atomic E-state index is 12.3. The zero-order valence-electron chi connectivity index (χ0n) is 15.8. The second-order valence-electron chi connectivity index (χ2n) is 7.62. The van der Waals surface area contributed by atoms with Crippen molar-refractivity contribution in [3.8, 4) is 5.75 Å². The Morgan fingerprint density at radius 3 is 2.15 bits per heavy atom. The van der Waals surface area contributed by atoms with E-state index in [9.17, 15) is 13.2 Å². The zero-order chi connectivity index (χ0) is 19.4. The minimum atomic E-state index is -3.36. The van der Waals surface area contributed by atoms with E-state index in [1.165, 1.54) is 0 Å². The smallest absolute Gasteiger partial charge is 0.241 e. The monoisotopic (exact) mass is 383 g/mol. The summed E-state index contributed by atoms with van der Waals surface area (Å²) < 4.78 is 31.5. The number of methoxy groups -OCH3 is 1. The van der Waals surface area contributed by atoms with Gasteiger partial charge in [-0.3, -0.25) is 15.6 Å². The maximum absolute atomic E-state index is 12.3. The van der Waals surface area contributed by atoms with Gasteiger partial charge in [-0.25, -0.2) is 13.1 Å². The Balaban J connectivity index is 1.79. The molecule has 0 saturated heterocycles. The van der Waals surface area contributed by atoms with E-state index in [-0.39, 0.29) is 17.9 Å². The highest BCUT2D eigenvalue weighted by atomic mass is 32.2. The Labute approximate surface area is 155 Å². The van der Waals surface area contributed by atoms with Gasteiger partial charge in [0.1, 0.15) is 5.75 Å². The molecule has 0 heterocycles. The van der Waals surface area contributed by atoms with Gasteiger partial charge in [-0.15, -0.1) is 0 Å². The van der Waals surface area contributed by atoms with Gasteiger partial charge in [0.05, 0.1) is 17.5 Å². The van der Waals surface area contributed by atoms with E-state index in [2.05, 4.69) is 15.6 Å². The summed E-state index contributed by atoms with van der Waals surface area (Å²) >= 11 is 0. The Morgan fingerprint density at radius 1 is 1.08 bits per heavy atom. The van der Waals surface area contributed by atoms with Gasteiger partial charge in [0, 0.05) is 12.0 Å². The highest BCUT2D eigenvalue weighted by molar-refractivity contribution is 7.90. The van der Waals surface area contributed by atoms with Crippen molar-refractivity contribution < 1.29 is 17.9 Å². The number of hydrogen-bond donors (Lipinski definition) is 3. The number of ether oxygens (including phenoxy) is 1. The molecule has 7 nitrogen and oxygen atoms in total. The lowest BCUT2D eigenvalue weighted by Crippen LogP contribution is -2.47. The van der Waals surface area contributed by atoms with Crippen LogP contribution < -0.4 is 20.3 Å². The van der Waals surface area contributed by atoms with E-state index < -0.39 is 14.8 Å². The summed E-state index contributed by atoms with van der Waals surface area (Å²) in [7, 11) is -1.76. The van der Waals surface area contributed by atoms with E-state index >= 15 is 0 Å². The first kappa shape index (κ1) is 20.5. The van der Waals surface area contributed by atoms with Crippen LogP contribution in [0.2, 0.25) is 0 Å². The van der Waals surface area contributed by atoms with Crippen LogP contribution in [0.25, 0.3) is 0 Å².